The number of fused-ring (bicyclic) bond motifs is 1. The van der Waals surface area contributed by atoms with Gasteiger partial charge in [0, 0.05) is 30.7 Å². The molecular weight excluding hydrogens is 398 g/mol. The van der Waals surface area contributed by atoms with Crippen LogP contribution in [0.5, 0.6) is 5.75 Å². The van der Waals surface area contributed by atoms with Gasteiger partial charge in [-0.2, -0.15) is 5.26 Å². The SMILES string of the molecule is C=C(C(=O)NC1(CCN2Cc3ccc(C#N)cc3C2)CCCCC1)c1cccc(OC)c1. The van der Waals surface area contributed by atoms with E-state index < -0.39 is 0 Å². The zero-order valence-electron chi connectivity index (χ0n) is 18.8. The van der Waals surface area contributed by atoms with Crippen LogP contribution in [0.25, 0.3) is 5.57 Å². The Hall–Kier alpha value is -3.10. The molecule has 0 aromatic heterocycles. The number of benzene rings is 2. The van der Waals surface area contributed by atoms with Gasteiger partial charge in [0.15, 0.2) is 0 Å². The average molecular weight is 430 g/mol. The number of nitrogens with one attached hydrogen (secondary N) is 1. The second-order valence-electron chi connectivity index (χ2n) is 9.06. The van der Waals surface area contributed by atoms with E-state index in [1.54, 1.807) is 7.11 Å². The van der Waals surface area contributed by atoms with Crippen LogP contribution in [-0.4, -0.2) is 30.0 Å². The fourth-order valence-corrected chi connectivity index (χ4v) is 4.99. The normalized spacial score (nSPS) is 17.2. The molecule has 0 saturated heterocycles. The maximum atomic E-state index is 13.2. The van der Waals surface area contributed by atoms with E-state index in [-0.39, 0.29) is 11.4 Å². The molecule has 1 aliphatic carbocycles. The number of methoxy groups -OCH3 is 1. The fourth-order valence-electron chi connectivity index (χ4n) is 4.99. The first-order chi connectivity index (χ1) is 15.5. The summed E-state index contributed by atoms with van der Waals surface area (Å²) in [6.07, 6.45) is 6.42. The average Bonchev–Trinajstić information content (AvgIpc) is 3.25. The Morgan fingerprint density at radius 3 is 2.69 bits per heavy atom. The molecule has 0 radical (unpaired) electrons. The van der Waals surface area contributed by atoms with Gasteiger partial charge in [0.1, 0.15) is 5.75 Å². The highest BCUT2D eigenvalue weighted by molar-refractivity contribution is 6.19. The number of ether oxygens (including phenoxy) is 1. The van der Waals surface area contributed by atoms with Gasteiger partial charge in [0.25, 0.3) is 5.91 Å². The lowest BCUT2D eigenvalue weighted by Crippen LogP contribution is -2.51. The molecule has 1 amide bonds. The van der Waals surface area contributed by atoms with Gasteiger partial charge in [-0.25, -0.2) is 0 Å². The number of hydrogen-bond acceptors (Lipinski definition) is 4. The molecule has 0 unspecified atom stereocenters. The lowest BCUT2D eigenvalue weighted by Gasteiger charge is -2.39. The minimum Gasteiger partial charge on any atom is -0.497 e. The highest BCUT2D eigenvalue weighted by Crippen LogP contribution is 2.33. The van der Waals surface area contributed by atoms with Crippen molar-refractivity contribution in [2.75, 3.05) is 13.7 Å². The van der Waals surface area contributed by atoms with E-state index >= 15 is 0 Å². The number of nitriles is 1. The van der Waals surface area contributed by atoms with Crippen molar-refractivity contribution in [3.05, 3.63) is 71.3 Å². The van der Waals surface area contributed by atoms with Crippen LogP contribution in [-0.2, 0) is 17.9 Å². The predicted molar refractivity (Wildman–Crippen MR) is 126 cm³/mol. The minimum atomic E-state index is -0.191. The number of carbonyl (C=O) groups is 1. The van der Waals surface area contributed by atoms with E-state index in [9.17, 15) is 4.79 Å². The number of rotatable bonds is 7. The maximum absolute atomic E-state index is 13.2. The van der Waals surface area contributed by atoms with Crippen molar-refractivity contribution >= 4 is 11.5 Å². The quantitative estimate of drug-likeness (QED) is 0.642. The molecule has 5 heteroatoms. The minimum absolute atomic E-state index is 0.0940. The van der Waals surface area contributed by atoms with Crippen LogP contribution in [0.1, 0.15) is 60.8 Å². The van der Waals surface area contributed by atoms with Crippen molar-refractivity contribution in [1.29, 1.82) is 5.26 Å². The smallest absolute Gasteiger partial charge is 0.251 e. The van der Waals surface area contributed by atoms with Crippen LogP contribution < -0.4 is 10.1 Å². The maximum Gasteiger partial charge on any atom is 0.251 e. The largest absolute Gasteiger partial charge is 0.497 e. The summed E-state index contributed by atoms with van der Waals surface area (Å²) in [5.74, 6) is 0.625. The topological polar surface area (TPSA) is 65.4 Å². The molecule has 1 fully saturated rings. The number of amides is 1. The second-order valence-corrected chi connectivity index (χ2v) is 9.06. The standard InChI is InChI=1S/C27H31N3O2/c1-20(22-7-6-8-25(16-22)32-2)26(31)29-27(11-4-3-5-12-27)13-14-30-18-23-10-9-21(17-28)15-24(23)19-30/h6-10,15-16H,1,3-5,11-14,18-19H2,2H3,(H,29,31). The van der Waals surface area contributed by atoms with Crippen molar-refractivity contribution in [1.82, 2.24) is 10.2 Å². The summed E-state index contributed by atoms with van der Waals surface area (Å²) in [4.78, 5) is 15.6. The van der Waals surface area contributed by atoms with Crippen LogP contribution >= 0.6 is 0 Å². The molecule has 2 aliphatic rings. The van der Waals surface area contributed by atoms with E-state index in [1.807, 2.05) is 36.4 Å². The van der Waals surface area contributed by atoms with E-state index in [0.717, 1.165) is 68.6 Å². The van der Waals surface area contributed by atoms with Gasteiger partial charge in [-0.05, 0) is 60.2 Å². The predicted octanol–water partition coefficient (Wildman–Crippen LogP) is 4.81. The van der Waals surface area contributed by atoms with Crippen molar-refractivity contribution < 1.29 is 9.53 Å². The Morgan fingerprint density at radius 2 is 1.94 bits per heavy atom. The van der Waals surface area contributed by atoms with Crippen LogP contribution in [0.15, 0.2) is 49.0 Å². The summed E-state index contributed by atoms with van der Waals surface area (Å²) in [6.45, 7) is 6.76. The van der Waals surface area contributed by atoms with Crippen molar-refractivity contribution in [2.24, 2.45) is 0 Å². The fraction of sp³-hybridized carbons (Fsp3) is 0.407. The molecule has 1 N–H and O–H groups in total. The van der Waals surface area contributed by atoms with Crippen LogP contribution in [0, 0.1) is 11.3 Å². The second kappa shape index (κ2) is 9.58. The van der Waals surface area contributed by atoms with Crippen LogP contribution in [0.3, 0.4) is 0 Å². The van der Waals surface area contributed by atoms with E-state index in [0.29, 0.717) is 5.57 Å². The monoisotopic (exact) mass is 429 g/mol. The molecule has 1 aliphatic heterocycles. The summed E-state index contributed by atoms with van der Waals surface area (Å²) in [5.41, 5.74) is 4.35. The molecular formula is C27H31N3O2. The Kier molecular flexibility index (Phi) is 6.62. The van der Waals surface area contributed by atoms with Crippen molar-refractivity contribution in [3.8, 4) is 11.8 Å². The van der Waals surface area contributed by atoms with Gasteiger partial charge in [0.2, 0.25) is 0 Å². The summed E-state index contributed by atoms with van der Waals surface area (Å²) in [5, 5.41) is 12.5. The third kappa shape index (κ3) is 4.87. The summed E-state index contributed by atoms with van der Waals surface area (Å²) >= 11 is 0. The molecule has 2 aromatic carbocycles. The summed E-state index contributed by atoms with van der Waals surface area (Å²) < 4.78 is 5.30. The van der Waals surface area contributed by atoms with Gasteiger partial charge in [-0.15, -0.1) is 0 Å². The highest BCUT2D eigenvalue weighted by atomic mass is 16.5. The van der Waals surface area contributed by atoms with Crippen molar-refractivity contribution in [3.63, 3.8) is 0 Å². The summed E-state index contributed by atoms with van der Waals surface area (Å²) in [7, 11) is 1.62. The molecule has 166 valence electrons. The lowest BCUT2D eigenvalue weighted by molar-refractivity contribution is -0.118. The van der Waals surface area contributed by atoms with Gasteiger partial charge in [-0.1, -0.05) is 44.0 Å². The van der Waals surface area contributed by atoms with Crippen molar-refractivity contribution in [2.45, 2.75) is 57.2 Å². The third-order valence-electron chi connectivity index (χ3n) is 6.91. The Bertz CT molecular complexity index is 1050. The molecule has 0 bridgehead atoms. The highest BCUT2D eigenvalue weighted by Gasteiger charge is 2.35. The molecule has 4 rings (SSSR count). The molecule has 0 spiro atoms. The Morgan fingerprint density at radius 1 is 1.16 bits per heavy atom. The first-order valence-corrected chi connectivity index (χ1v) is 11.4. The molecule has 0 atom stereocenters. The van der Waals surface area contributed by atoms with Gasteiger partial charge in [0.05, 0.1) is 18.7 Å². The number of carbonyl (C=O) groups excluding carboxylic acids is 1. The molecule has 1 heterocycles. The lowest BCUT2D eigenvalue weighted by atomic mass is 9.78. The Labute approximate surface area is 190 Å². The van der Waals surface area contributed by atoms with Gasteiger partial charge >= 0.3 is 0 Å². The number of hydrogen-bond donors (Lipinski definition) is 1. The zero-order valence-corrected chi connectivity index (χ0v) is 18.8. The van der Waals surface area contributed by atoms with E-state index in [2.05, 4.69) is 28.9 Å². The van der Waals surface area contributed by atoms with E-state index in [1.165, 1.54) is 17.5 Å². The Balaban J connectivity index is 1.42. The third-order valence-corrected chi connectivity index (χ3v) is 6.91. The van der Waals surface area contributed by atoms with E-state index in [4.69, 9.17) is 10.00 Å². The molecule has 5 nitrogen and oxygen atoms in total. The van der Waals surface area contributed by atoms with Gasteiger partial charge in [-0.3, -0.25) is 9.69 Å². The van der Waals surface area contributed by atoms with Crippen LogP contribution in [0.4, 0.5) is 0 Å². The first kappa shape index (κ1) is 22.1. The number of nitrogens with zero attached hydrogens (tertiary/aromatic N) is 2. The van der Waals surface area contributed by atoms with Crippen LogP contribution in [0.2, 0.25) is 0 Å². The zero-order chi connectivity index (χ0) is 22.6. The molecule has 2 aromatic rings. The first-order valence-electron chi connectivity index (χ1n) is 11.4. The molecule has 1 saturated carbocycles. The molecule has 32 heavy (non-hydrogen) atoms. The van der Waals surface area contributed by atoms with Gasteiger partial charge < -0.3 is 10.1 Å². The summed E-state index contributed by atoms with van der Waals surface area (Å²) in [6, 6.07) is 15.7.